The summed E-state index contributed by atoms with van der Waals surface area (Å²) >= 11 is 0. The molecule has 1 aliphatic rings. The molecule has 130 valence electrons. The molecule has 0 amide bonds. The number of nitrogens with one attached hydrogen (secondary N) is 2. The van der Waals surface area contributed by atoms with Gasteiger partial charge < -0.3 is 4.74 Å². The van der Waals surface area contributed by atoms with E-state index in [0.29, 0.717) is 13.1 Å². The summed E-state index contributed by atoms with van der Waals surface area (Å²) in [6.07, 6.45) is 1.66. The minimum Gasteiger partial charge on any atom is -0.495 e. The van der Waals surface area contributed by atoms with Crippen molar-refractivity contribution in [3.05, 3.63) is 18.2 Å². The molecule has 1 aromatic carbocycles. The van der Waals surface area contributed by atoms with Gasteiger partial charge in [-0.1, -0.05) is 6.92 Å². The second-order valence-electron chi connectivity index (χ2n) is 5.08. The third kappa shape index (κ3) is 4.14. The summed E-state index contributed by atoms with van der Waals surface area (Å²) in [6, 6.07) is 4.13. The van der Waals surface area contributed by atoms with Crippen LogP contribution in [0.1, 0.15) is 19.8 Å². The van der Waals surface area contributed by atoms with E-state index in [9.17, 15) is 16.8 Å². The largest absolute Gasteiger partial charge is 0.495 e. The van der Waals surface area contributed by atoms with Crippen LogP contribution in [-0.4, -0.2) is 47.9 Å². The highest BCUT2D eigenvalue weighted by atomic mass is 32.2. The molecule has 0 spiro atoms. The molecule has 1 saturated heterocycles. The van der Waals surface area contributed by atoms with Gasteiger partial charge in [0.25, 0.3) is 10.2 Å². The molecule has 0 saturated carbocycles. The SMILES string of the molecule is CCNS(=O)(=O)Nc1cc(S(=O)(=O)N2CCCC2)ccc1OC. The van der Waals surface area contributed by atoms with Crippen molar-refractivity contribution in [3.63, 3.8) is 0 Å². The van der Waals surface area contributed by atoms with E-state index < -0.39 is 20.2 Å². The molecule has 1 aromatic rings. The van der Waals surface area contributed by atoms with Gasteiger partial charge in [-0.3, -0.25) is 4.72 Å². The van der Waals surface area contributed by atoms with Gasteiger partial charge >= 0.3 is 0 Å². The Balaban J connectivity index is 2.39. The van der Waals surface area contributed by atoms with Crippen molar-refractivity contribution in [2.45, 2.75) is 24.7 Å². The number of benzene rings is 1. The topological polar surface area (TPSA) is 105 Å². The van der Waals surface area contributed by atoms with E-state index in [1.807, 2.05) is 0 Å². The lowest BCUT2D eigenvalue weighted by Crippen LogP contribution is -2.30. The summed E-state index contributed by atoms with van der Waals surface area (Å²) in [6.45, 7) is 2.81. The van der Waals surface area contributed by atoms with Crippen molar-refractivity contribution in [3.8, 4) is 5.75 Å². The van der Waals surface area contributed by atoms with Crippen LogP contribution in [0.25, 0.3) is 0 Å². The van der Waals surface area contributed by atoms with E-state index in [1.54, 1.807) is 6.92 Å². The van der Waals surface area contributed by atoms with Crippen molar-refractivity contribution < 1.29 is 21.6 Å². The second kappa shape index (κ2) is 7.04. The Kier molecular flexibility index (Phi) is 5.50. The Labute approximate surface area is 137 Å². The molecule has 0 unspecified atom stereocenters. The number of methoxy groups -OCH3 is 1. The molecule has 0 aliphatic carbocycles. The highest BCUT2D eigenvalue weighted by molar-refractivity contribution is 7.90. The van der Waals surface area contributed by atoms with Gasteiger partial charge in [0.2, 0.25) is 10.0 Å². The van der Waals surface area contributed by atoms with E-state index in [1.165, 1.54) is 29.6 Å². The Hall–Kier alpha value is -1.36. The first-order valence-electron chi connectivity index (χ1n) is 7.26. The van der Waals surface area contributed by atoms with Crippen LogP contribution < -0.4 is 14.2 Å². The van der Waals surface area contributed by atoms with Crippen LogP contribution in [-0.2, 0) is 20.2 Å². The van der Waals surface area contributed by atoms with Gasteiger partial charge in [-0.2, -0.15) is 17.4 Å². The van der Waals surface area contributed by atoms with E-state index in [4.69, 9.17) is 4.74 Å². The van der Waals surface area contributed by atoms with Gasteiger partial charge in [-0.15, -0.1) is 0 Å². The summed E-state index contributed by atoms with van der Waals surface area (Å²) in [5.74, 6) is 0.242. The maximum atomic E-state index is 12.6. The fourth-order valence-electron chi connectivity index (χ4n) is 2.38. The first-order valence-corrected chi connectivity index (χ1v) is 10.2. The van der Waals surface area contributed by atoms with Gasteiger partial charge in [0.15, 0.2) is 0 Å². The summed E-state index contributed by atoms with van der Waals surface area (Å²) in [5.41, 5.74) is 0.0775. The minimum atomic E-state index is -3.79. The standard InChI is InChI=1S/C13H21N3O5S2/c1-3-14-23(19,20)15-12-10-11(6-7-13(12)21-2)22(17,18)16-8-4-5-9-16/h6-7,10,14-15H,3-5,8-9H2,1-2H3. The lowest BCUT2D eigenvalue weighted by Gasteiger charge is -2.18. The maximum Gasteiger partial charge on any atom is 0.299 e. The summed E-state index contributed by atoms with van der Waals surface area (Å²) in [4.78, 5) is 0.0365. The molecular weight excluding hydrogens is 342 g/mol. The molecule has 10 heteroatoms. The molecule has 23 heavy (non-hydrogen) atoms. The number of rotatable bonds is 7. The van der Waals surface area contributed by atoms with E-state index >= 15 is 0 Å². The third-order valence-electron chi connectivity index (χ3n) is 3.45. The molecule has 1 fully saturated rings. The molecule has 0 radical (unpaired) electrons. The average Bonchev–Trinajstić information content (AvgIpc) is 3.01. The van der Waals surface area contributed by atoms with Crippen LogP contribution in [0.5, 0.6) is 5.75 Å². The summed E-state index contributed by atoms with van der Waals surface area (Å²) < 4.78 is 59.9. The highest BCUT2D eigenvalue weighted by Crippen LogP contribution is 2.30. The molecule has 0 bridgehead atoms. The van der Waals surface area contributed by atoms with Crippen molar-refractivity contribution in [2.24, 2.45) is 0 Å². The van der Waals surface area contributed by atoms with E-state index in [-0.39, 0.29) is 22.9 Å². The molecule has 1 heterocycles. The monoisotopic (exact) mass is 363 g/mol. The van der Waals surface area contributed by atoms with Gasteiger partial charge in [0.05, 0.1) is 17.7 Å². The van der Waals surface area contributed by atoms with Crippen molar-refractivity contribution in [1.82, 2.24) is 9.03 Å². The molecule has 2 N–H and O–H groups in total. The van der Waals surface area contributed by atoms with Crippen LogP contribution in [0.3, 0.4) is 0 Å². The zero-order valence-corrected chi connectivity index (χ0v) is 14.7. The molecule has 0 atom stereocenters. The Morgan fingerprint density at radius 1 is 1.17 bits per heavy atom. The van der Waals surface area contributed by atoms with Gasteiger partial charge in [0.1, 0.15) is 5.75 Å². The lowest BCUT2D eigenvalue weighted by atomic mass is 10.3. The fourth-order valence-corrected chi connectivity index (χ4v) is 4.82. The fraction of sp³-hybridized carbons (Fsp3) is 0.538. The number of hydrogen-bond donors (Lipinski definition) is 2. The van der Waals surface area contributed by atoms with Crippen LogP contribution >= 0.6 is 0 Å². The smallest absolute Gasteiger partial charge is 0.299 e. The zero-order chi connectivity index (χ0) is 17.1. The highest BCUT2D eigenvalue weighted by Gasteiger charge is 2.28. The predicted molar refractivity (Wildman–Crippen MR) is 87.2 cm³/mol. The molecule has 1 aliphatic heterocycles. The first kappa shape index (κ1) is 18.0. The third-order valence-corrected chi connectivity index (χ3v) is 6.50. The zero-order valence-electron chi connectivity index (χ0n) is 13.1. The molecule has 8 nitrogen and oxygen atoms in total. The van der Waals surface area contributed by atoms with E-state index in [0.717, 1.165) is 12.8 Å². The van der Waals surface area contributed by atoms with E-state index in [2.05, 4.69) is 9.44 Å². The average molecular weight is 363 g/mol. The van der Waals surface area contributed by atoms with Gasteiger partial charge in [-0.05, 0) is 31.0 Å². The normalized spacial score (nSPS) is 16.4. The quantitative estimate of drug-likeness (QED) is 0.744. The minimum absolute atomic E-state index is 0.0365. The predicted octanol–water partition coefficient (Wildman–Crippen LogP) is 0.746. The first-order chi connectivity index (χ1) is 10.8. The van der Waals surface area contributed by atoms with Crippen molar-refractivity contribution in [2.75, 3.05) is 31.5 Å². The number of nitrogens with zero attached hydrogens (tertiary/aromatic N) is 1. The number of ether oxygens (including phenoxy) is 1. The number of anilines is 1. The lowest BCUT2D eigenvalue weighted by molar-refractivity contribution is 0.416. The van der Waals surface area contributed by atoms with Gasteiger partial charge in [-0.25, -0.2) is 8.42 Å². The molecular formula is C13H21N3O5S2. The Bertz CT molecular complexity index is 756. The summed E-state index contributed by atoms with van der Waals surface area (Å²) in [7, 11) is -6.03. The maximum absolute atomic E-state index is 12.6. The van der Waals surface area contributed by atoms with Crippen LogP contribution in [0.2, 0.25) is 0 Å². The van der Waals surface area contributed by atoms with Crippen molar-refractivity contribution >= 4 is 25.9 Å². The Morgan fingerprint density at radius 3 is 2.39 bits per heavy atom. The van der Waals surface area contributed by atoms with Crippen LogP contribution in [0.15, 0.2) is 23.1 Å². The van der Waals surface area contributed by atoms with Gasteiger partial charge in [0, 0.05) is 19.6 Å². The Morgan fingerprint density at radius 2 is 1.83 bits per heavy atom. The molecule has 0 aromatic heterocycles. The van der Waals surface area contributed by atoms with Crippen LogP contribution in [0, 0.1) is 0 Å². The second-order valence-corrected chi connectivity index (χ2v) is 8.51. The molecule has 2 rings (SSSR count). The number of hydrogen-bond acceptors (Lipinski definition) is 5. The van der Waals surface area contributed by atoms with Crippen molar-refractivity contribution in [1.29, 1.82) is 0 Å². The van der Waals surface area contributed by atoms with Crippen LogP contribution in [0.4, 0.5) is 5.69 Å². The summed E-state index contributed by atoms with van der Waals surface area (Å²) in [5, 5.41) is 0. The number of sulfonamides is 1.